The molecule has 134 valence electrons. The van der Waals surface area contributed by atoms with Crippen LogP contribution in [0.25, 0.3) is 0 Å². The molecule has 0 saturated carbocycles. The maximum absolute atomic E-state index is 12.2. The van der Waals surface area contributed by atoms with E-state index in [0.717, 1.165) is 11.3 Å². The molecule has 5 heteroatoms. The second kappa shape index (κ2) is 8.76. The molecule has 0 aliphatic rings. The summed E-state index contributed by atoms with van der Waals surface area (Å²) in [6, 6.07) is 16.8. The number of benzene rings is 2. The minimum absolute atomic E-state index is 0.0631. The predicted molar refractivity (Wildman–Crippen MR) is 99.4 cm³/mol. The topological polar surface area (TPSA) is 72.8 Å². The first-order chi connectivity index (χ1) is 12.0. The average molecular weight is 342 g/mol. The molecule has 0 bridgehead atoms. The van der Waals surface area contributed by atoms with Crippen LogP contribution in [0.1, 0.15) is 22.8 Å². The third-order valence-corrected chi connectivity index (χ3v) is 4.12. The maximum atomic E-state index is 12.2. The Morgan fingerprint density at radius 2 is 1.64 bits per heavy atom. The number of anilines is 1. The highest BCUT2D eigenvalue weighted by Gasteiger charge is 2.24. The molecule has 0 aromatic heterocycles. The number of para-hydroxylation sites is 1. The van der Waals surface area contributed by atoms with Crippen LogP contribution in [0.4, 0.5) is 5.69 Å². The number of aliphatic hydroxyl groups excluding tert-OH is 2. The first-order valence-electron chi connectivity index (χ1n) is 8.31. The number of aliphatic hydroxyl groups is 2. The van der Waals surface area contributed by atoms with E-state index in [-0.39, 0.29) is 19.1 Å². The summed E-state index contributed by atoms with van der Waals surface area (Å²) in [5.74, 6) is -0.140. The third-order valence-electron chi connectivity index (χ3n) is 4.12. The highest BCUT2D eigenvalue weighted by molar-refractivity contribution is 6.04. The van der Waals surface area contributed by atoms with Gasteiger partial charge in [-0.25, -0.2) is 0 Å². The van der Waals surface area contributed by atoms with E-state index in [9.17, 15) is 15.0 Å². The van der Waals surface area contributed by atoms with Crippen LogP contribution in [0.3, 0.4) is 0 Å². The minimum Gasteiger partial charge on any atom is -0.396 e. The van der Waals surface area contributed by atoms with Gasteiger partial charge >= 0.3 is 0 Å². The molecular formula is C20H26N2O3. The lowest BCUT2D eigenvalue weighted by molar-refractivity contribution is 0.0402. The van der Waals surface area contributed by atoms with E-state index < -0.39 is 5.41 Å². The van der Waals surface area contributed by atoms with Gasteiger partial charge in [0.05, 0.1) is 13.2 Å². The largest absolute Gasteiger partial charge is 0.396 e. The molecule has 2 aromatic carbocycles. The maximum Gasteiger partial charge on any atom is 0.255 e. The van der Waals surface area contributed by atoms with Crippen molar-refractivity contribution in [2.24, 2.45) is 5.41 Å². The molecule has 2 aromatic rings. The molecule has 3 N–H and O–H groups in total. The van der Waals surface area contributed by atoms with Gasteiger partial charge in [0, 0.05) is 29.8 Å². The van der Waals surface area contributed by atoms with Gasteiger partial charge in [0.2, 0.25) is 0 Å². The summed E-state index contributed by atoms with van der Waals surface area (Å²) in [4.78, 5) is 14.3. The van der Waals surface area contributed by atoms with E-state index in [0.29, 0.717) is 18.7 Å². The highest BCUT2D eigenvalue weighted by Crippen LogP contribution is 2.17. The van der Waals surface area contributed by atoms with Crippen LogP contribution in [-0.2, 0) is 6.54 Å². The lowest BCUT2D eigenvalue weighted by Crippen LogP contribution is -2.38. The van der Waals surface area contributed by atoms with Gasteiger partial charge < -0.3 is 20.4 Å². The molecule has 0 heterocycles. The van der Waals surface area contributed by atoms with Crippen LogP contribution < -0.4 is 5.32 Å². The normalized spacial score (nSPS) is 11.6. The van der Waals surface area contributed by atoms with Crippen LogP contribution in [0.2, 0.25) is 0 Å². The number of rotatable bonds is 8. The van der Waals surface area contributed by atoms with Gasteiger partial charge in [-0.05, 0) is 36.9 Å². The summed E-state index contributed by atoms with van der Waals surface area (Å²) in [5.41, 5.74) is 1.91. The van der Waals surface area contributed by atoms with Crippen LogP contribution in [0.15, 0.2) is 54.6 Å². The highest BCUT2D eigenvalue weighted by atomic mass is 16.3. The third kappa shape index (κ3) is 5.67. The van der Waals surface area contributed by atoms with Crippen molar-refractivity contribution >= 4 is 11.6 Å². The molecular weight excluding hydrogens is 316 g/mol. The first-order valence-corrected chi connectivity index (χ1v) is 8.31. The van der Waals surface area contributed by atoms with Crippen LogP contribution in [0.5, 0.6) is 0 Å². The molecule has 0 unspecified atom stereocenters. The first kappa shape index (κ1) is 19.1. The lowest BCUT2D eigenvalue weighted by Gasteiger charge is -2.30. The van der Waals surface area contributed by atoms with E-state index in [2.05, 4.69) is 5.32 Å². The number of nitrogens with one attached hydrogen (secondary N) is 1. The summed E-state index contributed by atoms with van der Waals surface area (Å²) < 4.78 is 0. The van der Waals surface area contributed by atoms with Gasteiger partial charge in [-0.3, -0.25) is 4.79 Å². The van der Waals surface area contributed by atoms with Crippen molar-refractivity contribution in [3.05, 3.63) is 65.7 Å². The summed E-state index contributed by atoms with van der Waals surface area (Å²) in [5, 5.41) is 21.6. The zero-order valence-corrected chi connectivity index (χ0v) is 14.8. The molecule has 25 heavy (non-hydrogen) atoms. The van der Waals surface area contributed by atoms with Gasteiger partial charge in [0.1, 0.15) is 0 Å². The summed E-state index contributed by atoms with van der Waals surface area (Å²) in [7, 11) is 1.94. The SMILES string of the molecule is CN(Cc1ccc(C(=O)Nc2ccccc2)cc1)CC(C)(CO)CO. The molecule has 5 nitrogen and oxygen atoms in total. The zero-order chi connectivity index (χ0) is 18.3. The zero-order valence-electron chi connectivity index (χ0n) is 14.8. The van der Waals surface area contributed by atoms with E-state index in [1.807, 2.05) is 61.3 Å². The smallest absolute Gasteiger partial charge is 0.255 e. The molecule has 0 fully saturated rings. The number of carbonyl (C=O) groups is 1. The fourth-order valence-corrected chi connectivity index (χ4v) is 2.66. The van der Waals surface area contributed by atoms with Gasteiger partial charge in [-0.2, -0.15) is 0 Å². The number of hydrogen-bond acceptors (Lipinski definition) is 4. The Hall–Kier alpha value is -2.21. The van der Waals surface area contributed by atoms with Crippen molar-refractivity contribution in [3.8, 4) is 0 Å². The molecule has 1 amide bonds. The average Bonchev–Trinajstić information content (AvgIpc) is 2.63. The quantitative estimate of drug-likeness (QED) is 0.689. The minimum atomic E-state index is -0.524. The molecule has 0 aliphatic carbocycles. The van der Waals surface area contributed by atoms with Crippen LogP contribution >= 0.6 is 0 Å². The summed E-state index contributed by atoms with van der Waals surface area (Å²) in [6.45, 7) is 2.98. The van der Waals surface area contributed by atoms with E-state index in [1.54, 1.807) is 12.1 Å². The Balaban J connectivity index is 1.94. The number of carbonyl (C=O) groups excluding carboxylic acids is 1. The van der Waals surface area contributed by atoms with E-state index >= 15 is 0 Å². The second-order valence-electron chi connectivity index (χ2n) is 6.82. The second-order valence-corrected chi connectivity index (χ2v) is 6.82. The van der Waals surface area contributed by atoms with E-state index in [1.165, 1.54) is 0 Å². The molecule has 0 radical (unpaired) electrons. The molecule has 0 atom stereocenters. The summed E-state index contributed by atoms with van der Waals surface area (Å²) >= 11 is 0. The molecule has 0 spiro atoms. The van der Waals surface area contributed by atoms with E-state index in [4.69, 9.17) is 0 Å². The standard InChI is InChI=1S/C20H26N2O3/c1-20(14-23,15-24)13-22(2)12-16-8-10-17(11-9-16)19(25)21-18-6-4-3-5-7-18/h3-11,23-24H,12-15H2,1-2H3,(H,21,25). The van der Waals surface area contributed by atoms with Crippen LogP contribution in [-0.4, -0.2) is 47.8 Å². The van der Waals surface area contributed by atoms with Crippen molar-refractivity contribution in [1.29, 1.82) is 0 Å². The van der Waals surface area contributed by atoms with Crippen molar-refractivity contribution in [2.45, 2.75) is 13.5 Å². The van der Waals surface area contributed by atoms with Crippen LogP contribution in [0, 0.1) is 5.41 Å². The number of amides is 1. The Bertz CT molecular complexity index is 667. The Morgan fingerprint density at radius 1 is 1.04 bits per heavy atom. The van der Waals surface area contributed by atoms with Crippen molar-refractivity contribution in [2.75, 3.05) is 32.1 Å². The van der Waals surface area contributed by atoms with Gasteiger partial charge in [-0.1, -0.05) is 37.3 Å². The van der Waals surface area contributed by atoms with Gasteiger partial charge in [0.15, 0.2) is 0 Å². The molecule has 2 rings (SSSR count). The molecule has 0 aliphatic heterocycles. The predicted octanol–water partition coefficient (Wildman–Crippen LogP) is 2.36. The monoisotopic (exact) mass is 342 g/mol. The fourth-order valence-electron chi connectivity index (χ4n) is 2.66. The Morgan fingerprint density at radius 3 is 2.20 bits per heavy atom. The lowest BCUT2D eigenvalue weighted by atomic mass is 9.92. The number of nitrogens with zero attached hydrogens (tertiary/aromatic N) is 1. The fraction of sp³-hybridized carbons (Fsp3) is 0.350. The van der Waals surface area contributed by atoms with Crippen molar-refractivity contribution < 1.29 is 15.0 Å². The van der Waals surface area contributed by atoms with Gasteiger partial charge in [0.25, 0.3) is 5.91 Å². The van der Waals surface area contributed by atoms with Crippen molar-refractivity contribution in [1.82, 2.24) is 4.90 Å². The van der Waals surface area contributed by atoms with Crippen molar-refractivity contribution in [3.63, 3.8) is 0 Å². The Kier molecular flexibility index (Phi) is 6.70. The Labute approximate surface area is 148 Å². The van der Waals surface area contributed by atoms with Gasteiger partial charge in [-0.15, -0.1) is 0 Å². The molecule has 0 saturated heterocycles. The summed E-state index contributed by atoms with van der Waals surface area (Å²) in [6.07, 6.45) is 0. The number of hydrogen-bond donors (Lipinski definition) is 3.